The van der Waals surface area contributed by atoms with Crippen molar-refractivity contribution in [1.29, 1.82) is 0 Å². The van der Waals surface area contributed by atoms with E-state index in [0.717, 1.165) is 0 Å². The molecular weight excluding hydrogens is 120 g/mol. The van der Waals surface area contributed by atoms with Gasteiger partial charge < -0.3 is 0 Å². The zero-order valence-electron chi connectivity index (χ0n) is 7.31. The summed E-state index contributed by atoms with van der Waals surface area (Å²) in [6.07, 6.45) is 8.35. The van der Waals surface area contributed by atoms with Crippen molar-refractivity contribution >= 4 is 0 Å². The Balaban J connectivity index is 4.08. The molecular formula is C10H16. The Bertz CT molecular complexity index is 164. The van der Waals surface area contributed by atoms with E-state index < -0.39 is 0 Å². The van der Waals surface area contributed by atoms with Crippen LogP contribution in [0, 0.1) is 0 Å². The summed E-state index contributed by atoms with van der Waals surface area (Å²) in [4.78, 5) is 0. The first-order valence-corrected chi connectivity index (χ1v) is 3.61. The first-order valence-electron chi connectivity index (χ1n) is 3.61. The maximum absolute atomic E-state index is 2.17. The minimum absolute atomic E-state index is 1.30. The predicted molar refractivity (Wildman–Crippen MR) is 48.0 cm³/mol. The van der Waals surface area contributed by atoms with Crippen LogP contribution < -0.4 is 0 Å². The third-order valence-electron chi connectivity index (χ3n) is 1.07. The van der Waals surface area contributed by atoms with Crippen LogP contribution in [0.4, 0.5) is 0 Å². The van der Waals surface area contributed by atoms with E-state index in [1.807, 2.05) is 13.0 Å². The van der Waals surface area contributed by atoms with E-state index in [4.69, 9.17) is 0 Å². The van der Waals surface area contributed by atoms with E-state index in [9.17, 15) is 0 Å². The summed E-state index contributed by atoms with van der Waals surface area (Å²) in [6.45, 7) is 8.33. The van der Waals surface area contributed by atoms with Crippen LogP contribution in [0.25, 0.3) is 0 Å². The molecule has 0 atom stereocenters. The third kappa shape index (κ3) is 5.36. The molecule has 0 aliphatic heterocycles. The zero-order valence-corrected chi connectivity index (χ0v) is 7.31. The van der Waals surface area contributed by atoms with Gasteiger partial charge in [-0.3, -0.25) is 0 Å². The van der Waals surface area contributed by atoms with Gasteiger partial charge in [0, 0.05) is 0 Å². The number of allylic oxidation sites excluding steroid dienone is 6. The zero-order chi connectivity index (χ0) is 7.98. The second-order valence-corrected chi connectivity index (χ2v) is 2.66. The van der Waals surface area contributed by atoms with Gasteiger partial charge in [-0.05, 0) is 27.7 Å². The van der Waals surface area contributed by atoms with E-state index in [1.165, 1.54) is 11.1 Å². The van der Waals surface area contributed by atoms with Crippen LogP contribution >= 0.6 is 0 Å². The standard InChI is InChI=1S/C10H16/c1-5-6-7-10(4)8-9(2)3/h5-8H,1-4H3. The van der Waals surface area contributed by atoms with Gasteiger partial charge in [0.15, 0.2) is 0 Å². The van der Waals surface area contributed by atoms with Gasteiger partial charge in [0.05, 0.1) is 0 Å². The first kappa shape index (κ1) is 9.22. The average molecular weight is 136 g/mol. The minimum Gasteiger partial charge on any atom is -0.0877 e. The summed E-state index contributed by atoms with van der Waals surface area (Å²) in [5, 5.41) is 0. The quantitative estimate of drug-likeness (QED) is 0.510. The van der Waals surface area contributed by atoms with E-state index in [-0.39, 0.29) is 0 Å². The number of rotatable bonds is 2. The second-order valence-electron chi connectivity index (χ2n) is 2.66. The lowest BCUT2D eigenvalue weighted by atomic mass is 10.2. The molecule has 0 heteroatoms. The molecule has 0 fully saturated rings. The molecule has 0 aliphatic carbocycles. The lowest BCUT2D eigenvalue weighted by Gasteiger charge is -1.89. The highest BCUT2D eigenvalue weighted by atomic mass is 13.9. The Labute approximate surface area is 64.0 Å². The monoisotopic (exact) mass is 136 g/mol. The van der Waals surface area contributed by atoms with Crippen molar-refractivity contribution in [3.63, 3.8) is 0 Å². The van der Waals surface area contributed by atoms with Crippen LogP contribution in [0.3, 0.4) is 0 Å². The van der Waals surface area contributed by atoms with Gasteiger partial charge in [-0.2, -0.15) is 0 Å². The van der Waals surface area contributed by atoms with Gasteiger partial charge in [-0.1, -0.05) is 35.5 Å². The van der Waals surface area contributed by atoms with E-state index in [0.29, 0.717) is 0 Å². The molecule has 10 heavy (non-hydrogen) atoms. The molecule has 0 saturated carbocycles. The van der Waals surface area contributed by atoms with Crippen molar-refractivity contribution in [3.05, 3.63) is 35.5 Å². The van der Waals surface area contributed by atoms with Crippen molar-refractivity contribution in [3.8, 4) is 0 Å². The normalized spacial score (nSPS) is 12.2. The van der Waals surface area contributed by atoms with Crippen molar-refractivity contribution < 1.29 is 0 Å². The molecule has 0 aromatic rings. The van der Waals surface area contributed by atoms with E-state index >= 15 is 0 Å². The van der Waals surface area contributed by atoms with Crippen LogP contribution in [-0.4, -0.2) is 0 Å². The molecule has 0 spiro atoms. The molecule has 0 nitrogen and oxygen atoms in total. The maximum Gasteiger partial charge on any atom is -0.0398 e. The Kier molecular flexibility index (Phi) is 4.65. The molecule has 0 bridgehead atoms. The van der Waals surface area contributed by atoms with Crippen molar-refractivity contribution in [1.82, 2.24) is 0 Å². The van der Waals surface area contributed by atoms with Gasteiger partial charge in [-0.25, -0.2) is 0 Å². The summed E-state index contributed by atoms with van der Waals surface area (Å²) in [5.74, 6) is 0. The molecule has 0 amide bonds. The Morgan fingerprint density at radius 3 is 2.10 bits per heavy atom. The van der Waals surface area contributed by atoms with Crippen molar-refractivity contribution in [2.75, 3.05) is 0 Å². The summed E-state index contributed by atoms with van der Waals surface area (Å²) in [7, 11) is 0. The molecule has 0 unspecified atom stereocenters. The van der Waals surface area contributed by atoms with Gasteiger partial charge in [-0.15, -0.1) is 0 Å². The molecule has 0 heterocycles. The van der Waals surface area contributed by atoms with E-state index in [1.54, 1.807) is 0 Å². The van der Waals surface area contributed by atoms with Crippen LogP contribution in [0.1, 0.15) is 27.7 Å². The molecule has 56 valence electrons. The highest BCUT2D eigenvalue weighted by Gasteiger charge is 1.78. The largest absolute Gasteiger partial charge is 0.0877 e. The lowest BCUT2D eigenvalue weighted by Crippen LogP contribution is -1.68. The molecule has 0 aromatic carbocycles. The Morgan fingerprint density at radius 2 is 1.70 bits per heavy atom. The van der Waals surface area contributed by atoms with Crippen LogP contribution in [0.5, 0.6) is 0 Å². The van der Waals surface area contributed by atoms with Gasteiger partial charge in [0.2, 0.25) is 0 Å². The Morgan fingerprint density at radius 1 is 1.10 bits per heavy atom. The third-order valence-corrected chi connectivity index (χ3v) is 1.07. The summed E-state index contributed by atoms with van der Waals surface area (Å²) in [6, 6.07) is 0. The fraction of sp³-hybridized carbons (Fsp3) is 0.400. The fourth-order valence-electron chi connectivity index (χ4n) is 0.751. The van der Waals surface area contributed by atoms with Gasteiger partial charge >= 0.3 is 0 Å². The second kappa shape index (κ2) is 5.04. The molecule has 0 rings (SSSR count). The van der Waals surface area contributed by atoms with Crippen molar-refractivity contribution in [2.45, 2.75) is 27.7 Å². The van der Waals surface area contributed by atoms with Crippen LogP contribution in [-0.2, 0) is 0 Å². The summed E-state index contributed by atoms with van der Waals surface area (Å²) >= 11 is 0. The number of hydrogen-bond donors (Lipinski definition) is 0. The Hall–Kier alpha value is -0.780. The summed E-state index contributed by atoms with van der Waals surface area (Å²) < 4.78 is 0. The van der Waals surface area contributed by atoms with Crippen LogP contribution in [0.15, 0.2) is 35.5 Å². The average Bonchev–Trinajstić information content (AvgIpc) is 1.82. The molecule has 0 N–H and O–H groups in total. The van der Waals surface area contributed by atoms with Gasteiger partial charge in [0.25, 0.3) is 0 Å². The molecule has 0 aliphatic rings. The maximum atomic E-state index is 2.17. The SMILES string of the molecule is CC=CC=C(C)C=C(C)C. The molecule has 0 aromatic heterocycles. The fourth-order valence-corrected chi connectivity index (χ4v) is 0.751. The number of hydrogen-bond acceptors (Lipinski definition) is 0. The van der Waals surface area contributed by atoms with E-state index in [2.05, 4.69) is 39.0 Å². The first-order chi connectivity index (χ1) is 4.66. The topological polar surface area (TPSA) is 0 Å². The van der Waals surface area contributed by atoms with Crippen LogP contribution in [0.2, 0.25) is 0 Å². The van der Waals surface area contributed by atoms with Crippen molar-refractivity contribution in [2.24, 2.45) is 0 Å². The predicted octanol–water partition coefficient (Wildman–Crippen LogP) is 3.48. The highest BCUT2D eigenvalue weighted by Crippen LogP contribution is 1.99. The summed E-state index contributed by atoms with van der Waals surface area (Å²) in [5.41, 5.74) is 2.65. The minimum atomic E-state index is 1.30. The highest BCUT2D eigenvalue weighted by molar-refractivity contribution is 5.23. The smallest absolute Gasteiger partial charge is 0.0398 e. The molecule has 0 radical (unpaired) electrons. The molecule has 0 saturated heterocycles. The van der Waals surface area contributed by atoms with Gasteiger partial charge in [0.1, 0.15) is 0 Å². The lowest BCUT2D eigenvalue weighted by molar-refractivity contribution is 1.35.